The summed E-state index contributed by atoms with van der Waals surface area (Å²) < 4.78 is 12.4. The third-order valence-electron chi connectivity index (χ3n) is 5.06. The molecule has 0 bridgehead atoms. The maximum atomic E-state index is 13.2. The van der Waals surface area contributed by atoms with E-state index in [1.165, 1.54) is 0 Å². The number of methoxy groups -OCH3 is 1. The molecule has 0 saturated heterocycles. The molecule has 3 rings (SSSR count). The fourth-order valence-electron chi connectivity index (χ4n) is 3.29. The zero-order valence-corrected chi connectivity index (χ0v) is 17.7. The molecule has 1 heterocycles. The van der Waals surface area contributed by atoms with Crippen LogP contribution in [0.2, 0.25) is 5.02 Å². The monoisotopic (exact) mass is 413 g/mol. The summed E-state index contributed by atoms with van der Waals surface area (Å²) in [4.78, 5) is 25.7. The van der Waals surface area contributed by atoms with Gasteiger partial charge in [-0.3, -0.25) is 14.2 Å². The van der Waals surface area contributed by atoms with Gasteiger partial charge in [0.25, 0.3) is 5.91 Å². The van der Waals surface area contributed by atoms with Crippen molar-refractivity contribution < 1.29 is 19.1 Å². The Kier molecular flexibility index (Phi) is 6.28. The highest BCUT2D eigenvalue weighted by molar-refractivity contribution is 6.30. The van der Waals surface area contributed by atoms with Crippen LogP contribution in [-0.2, 0) is 16.0 Å². The molecule has 152 valence electrons. The first-order valence-electron chi connectivity index (χ1n) is 9.53. The summed E-state index contributed by atoms with van der Waals surface area (Å²) in [6.07, 6.45) is 0.678. The van der Waals surface area contributed by atoms with Gasteiger partial charge in [-0.1, -0.05) is 18.5 Å². The zero-order valence-electron chi connectivity index (χ0n) is 17.0. The van der Waals surface area contributed by atoms with E-state index in [4.69, 9.17) is 21.1 Å². The number of carbonyl (C=O) groups excluding carboxylic acids is 2. The molecule has 1 atom stereocenters. The van der Waals surface area contributed by atoms with Gasteiger partial charge in [0.2, 0.25) is 0 Å². The quantitative estimate of drug-likeness (QED) is 0.522. The van der Waals surface area contributed by atoms with E-state index in [0.29, 0.717) is 22.0 Å². The number of fused-ring (bicyclic) bond motifs is 1. The largest absolute Gasteiger partial charge is 0.497 e. The number of esters is 1. The second-order valence-corrected chi connectivity index (χ2v) is 7.42. The average molecular weight is 414 g/mol. The predicted molar refractivity (Wildman–Crippen MR) is 114 cm³/mol. The summed E-state index contributed by atoms with van der Waals surface area (Å²) in [5, 5.41) is 1.36. The van der Waals surface area contributed by atoms with Crippen molar-refractivity contribution in [3.05, 3.63) is 64.3 Å². The zero-order chi connectivity index (χ0) is 21.1. The highest BCUT2D eigenvalue weighted by atomic mass is 35.5. The molecule has 2 aromatic carbocycles. The highest BCUT2D eigenvalue weighted by Crippen LogP contribution is 2.31. The van der Waals surface area contributed by atoms with Gasteiger partial charge in [-0.05, 0) is 68.3 Å². The smallest absolute Gasteiger partial charge is 0.310 e. The van der Waals surface area contributed by atoms with Gasteiger partial charge in [-0.25, -0.2) is 0 Å². The van der Waals surface area contributed by atoms with E-state index in [0.717, 1.165) is 22.9 Å². The molecule has 0 N–H and O–H groups in total. The van der Waals surface area contributed by atoms with Gasteiger partial charge in [0.15, 0.2) is 0 Å². The summed E-state index contributed by atoms with van der Waals surface area (Å²) in [5.41, 5.74) is 2.69. The Hall–Kier alpha value is -2.79. The van der Waals surface area contributed by atoms with Crippen LogP contribution in [0.1, 0.15) is 41.9 Å². The van der Waals surface area contributed by atoms with Crippen LogP contribution in [0.4, 0.5) is 0 Å². The Morgan fingerprint density at radius 2 is 1.83 bits per heavy atom. The number of ether oxygens (including phenoxy) is 2. The Balaban J connectivity index is 2.10. The number of benzene rings is 2. The van der Waals surface area contributed by atoms with Crippen molar-refractivity contribution in [1.29, 1.82) is 0 Å². The van der Waals surface area contributed by atoms with Crippen LogP contribution >= 0.6 is 11.6 Å². The Bertz CT molecular complexity index is 1050. The van der Waals surface area contributed by atoms with E-state index < -0.39 is 0 Å². The van der Waals surface area contributed by atoms with Crippen LogP contribution < -0.4 is 4.74 Å². The fourth-order valence-corrected chi connectivity index (χ4v) is 3.42. The third kappa shape index (κ3) is 4.30. The number of rotatable bonds is 6. The highest BCUT2D eigenvalue weighted by Gasteiger charge is 2.23. The van der Waals surface area contributed by atoms with E-state index in [1.807, 2.05) is 32.9 Å². The molecule has 0 saturated carbocycles. The molecule has 0 aliphatic heterocycles. The van der Waals surface area contributed by atoms with Crippen LogP contribution in [0.3, 0.4) is 0 Å². The summed E-state index contributed by atoms with van der Waals surface area (Å²) in [6, 6.07) is 12.2. The van der Waals surface area contributed by atoms with Gasteiger partial charge in [-0.15, -0.1) is 0 Å². The summed E-state index contributed by atoms with van der Waals surface area (Å²) in [6.45, 7) is 5.66. The number of hydrogen-bond donors (Lipinski definition) is 0. The topological polar surface area (TPSA) is 57.5 Å². The van der Waals surface area contributed by atoms with Crippen LogP contribution in [0.15, 0.2) is 42.5 Å². The number of halogens is 1. The minimum Gasteiger partial charge on any atom is -0.497 e. The number of carbonyl (C=O) groups is 2. The van der Waals surface area contributed by atoms with Gasteiger partial charge in [-0.2, -0.15) is 0 Å². The maximum absolute atomic E-state index is 13.2. The maximum Gasteiger partial charge on any atom is 0.310 e. The van der Waals surface area contributed by atoms with Crippen molar-refractivity contribution in [2.45, 2.75) is 39.7 Å². The molecule has 3 aromatic rings. The van der Waals surface area contributed by atoms with Gasteiger partial charge in [0, 0.05) is 21.7 Å². The van der Waals surface area contributed by atoms with E-state index in [-0.39, 0.29) is 24.4 Å². The second-order valence-electron chi connectivity index (χ2n) is 6.98. The Morgan fingerprint density at radius 1 is 1.14 bits per heavy atom. The number of nitrogens with zero attached hydrogens (tertiary/aromatic N) is 1. The van der Waals surface area contributed by atoms with Gasteiger partial charge < -0.3 is 9.47 Å². The summed E-state index contributed by atoms with van der Waals surface area (Å²) in [7, 11) is 1.58. The first-order chi connectivity index (χ1) is 13.8. The number of aromatic nitrogens is 1. The molecule has 0 spiro atoms. The SMILES string of the molecule is CC[C@H](C)OC(=O)Cc1c(C)n(C(=O)c2ccc(Cl)cc2)c2ccc(OC)cc12. The van der Waals surface area contributed by atoms with E-state index in [1.54, 1.807) is 42.0 Å². The van der Waals surface area contributed by atoms with Crippen molar-refractivity contribution in [3.63, 3.8) is 0 Å². The van der Waals surface area contributed by atoms with Gasteiger partial charge in [0.05, 0.1) is 25.2 Å². The molecule has 5 nitrogen and oxygen atoms in total. The van der Waals surface area contributed by atoms with E-state index in [2.05, 4.69) is 0 Å². The molecular weight excluding hydrogens is 390 g/mol. The van der Waals surface area contributed by atoms with Crippen molar-refractivity contribution in [2.24, 2.45) is 0 Å². The van der Waals surface area contributed by atoms with Gasteiger partial charge >= 0.3 is 5.97 Å². The second kappa shape index (κ2) is 8.70. The minimum atomic E-state index is -0.316. The molecule has 0 radical (unpaired) electrons. The lowest BCUT2D eigenvalue weighted by atomic mass is 10.1. The first-order valence-corrected chi connectivity index (χ1v) is 9.91. The van der Waals surface area contributed by atoms with Crippen molar-refractivity contribution >= 4 is 34.4 Å². The lowest BCUT2D eigenvalue weighted by Gasteiger charge is -2.11. The fraction of sp³-hybridized carbons (Fsp3) is 0.304. The lowest BCUT2D eigenvalue weighted by molar-refractivity contribution is -0.147. The average Bonchev–Trinajstić information content (AvgIpc) is 2.98. The third-order valence-corrected chi connectivity index (χ3v) is 5.32. The van der Waals surface area contributed by atoms with E-state index in [9.17, 15) is 9.59 Å². The molecule has 0 amide bonds. The normalized spacial score (nSPS) is 12.0. The summed E-state index contributed by atoms with van der Waals surface area (Å²) in [5.74, 6) is 0.157. The Labute approximate surface area is 175 Å². The standard InChI is InChI=1S/C23H24ClNO4/c1-5-14(2)29-22(26)13-19-15(3)25(21-11-10-18(28-4)12-20(19)21)23(27)16-6-8-17(24)9-7-16/h6-12,14H,5,13H2,1-4H3/t14-/m0/s1. The molecule has 0 aliphatic carbocycles. The molecule has 6 heteroatoms. The summed E-state index contributed by atoms with van der Waals surface area (Å²) >= 11 is 5.95. The predicted octanol–water partition coefficient (Wildman–Crippen LogP) is 5.18. The van der Waals surface area contributed by atoms with Gasteiger partial charge in [0.1, 0.15) is 5.75 Å². The van der Waals surface area contributed by atoms with Crippen LogP contribution in [0.5, 0.6) is 5.75 Å². The molecule has 0 unspecified atom stereocenters. The first kappa shape index (κ1) is 20.9. The van der Waals surface area contributed by atoms with Crippen LogP contribution in [0, 0.1) is 6.92 Å². The molecule has 1 aromatic heterocycles. The molecule has 0 aliphatic rings. The van der Waals surface area contributed by atoms with Crippen molar-refractivity contribution in [1.82, 2.24) is 4.57 Å². The van der Waals surface area contributed by atoms with E-state index >= 15 is 0 Å². The van der Waals surface area contributed by atoms with Crippen LogP contribution in [-0.4, -0.2) is 29.7 Å². The Morgan fingerprint density at radius 3 is 2.45 bits per heavy atom. The van der Waals surface area contributed by atoms with Crippen molar-refractivity contribution in [2.75, 3.05) is 7.11 Å². The molecule has 29 heavy (non-hydrogen) atoms. The van der Waals surface area contributed by atoms with Crippen molar-refractivity contribution in [3.8, 4) is 5.75 Å². The molecular formula is C23H24ClNO4. The minimum absolute atomic E-state index is 0.0841. The lowest BCUT2D eigenvalue weighted by Crippen LogP contribution is -2.17. The molecule has 0 fully saturated rings. The number of hydrogen-bond acceptors (Lipinski definition) is 4. The van der Waals surface area contributed by atoms with Crippen LogP contribution in [0.25, 0.3) is 10.9 Å².